The van der Waals surface area contributed by atoms with Crippen LogP contribution in [0.15, 0.2) is 0 Å². The molecule has 1 amide bonds. The third-order valence-electron chi connectivity index (χ3n) is 2.80. The van der Waals surface area contributed by atoms with E-state index in [1.807, 2.05) is 20.8 Å². The van der Waals surface area contributed by atoms with Crippen molar-refractivity contribution < 1.29 is 19.8 Å². The van der Waals surface area contributed by atoms with Gasteiger partial charge in [0.1, 0.15) is 0 Å². The van der Waals surface area contributed by atoms with Crippen LogP contribution in [0.1, 0.15) is 33.6 Å². The van der Waals surface area contributed by atoms with Crippen molar-refractivity contribution in [3.8, 4) is 0 Å². The number of nitrogens with one attached hydrogen (secondary N) is 1. The van der Waals surface area contributed by atoms with Crippen LogP contribution in [0.25, 0.3) is 0 Å². The summed E-state index contributed by atoms with van der Waals surface area (Å²) in [4.78, 5) is 22.1. The highest BCUT2D eigenvalue weighted by molar-refractivity contribution is 5.89. The molecule has 0 aliphatic heterocycles. The van der Waals surface area contributed by atoms with Crippen molar-refractivity contribution in [1.29, 1.82) is 0 Å². The molecule has 98 valence electrons. The van der Waals surface area contributed by atoms with E-state index in [9.17, 15) is 14.7 Å². The number of aliphatic carboxylic acids is 1. The second-order valence-electron chi connectivity index (χ2n) is 5.95. The quantitative estimate of drug-likeness (QED) is 0.660. The number of carboxylic acids is 1. The molecule has 0 spiro atoms. The van der Waals surface area contributed by atoms with Gasteiger partial charge in [-0.05, 0) is 18.3 Å². The molecule has 0 heterocycles. The zero-order valence-electron chi connectivity index (χ0n) is 10.6. The first-order valence-electron chi connectivity index (χ1n) is 5.89. The molecule has 5 heteroatoms. The third-order valence-corrected chi connectivity index (χ3v) is 2.80. The van der Waals surface area contributed by atoms with Crippen LogP contribution in [-0.2, 0) is 9.59 Å². The summed E-state index contributed by atoms with van der Waals surface area (Å²) in [5.74, 6) is -2.12. The van der Waals surface area contributed by atoms with E-state index in [0.29, 0.717) is 12.8 Å². The van der Waals surface area contributed by atoms with Gasteiger partial charge in [-0.15, -0.1) is 0 Å². The number of carboxylic acid groups (broad SMARTS) is 1. The number of hydrogen-bond donors (Lipinski definition) is 3. The monoisotopic (exact) mass is 243 g/mol. The van der Waals surface area contributed by atoms with Crippen LogP contribution in [-0.4, -0.2) is 34.7 Å². The van der Waals surface area contributed by atoms with E-state index in [1.54, 1.807) is 0 Å². The van der Waals surface area contributed by atoms with Crippen LogP contribution < -0.4 is 5.32 Å². The van der Waals surface area contributed by atoms with Crippen molar-refractivity contribution in [3.05, 3.63) is 0 Å². The largest absolute Gasteiger partial charge is 0.481 e. The zero-order chi connectivity index (χ0) is 13.2. The summed E-state index contributed by atoms with van der Waals surface area (Å²) in [5, 5.41) is 21.0. The van der Waals surface area contributed by atoms with Gasteiger partial charge in [0.25, 0.3) is 0 Å². The zero-order valence-corrected chi connectivity index (χ0v) is 10.6. The molecule has 17 heavy (non-hydrogen) atoms. The molecule has 0 radical (unpaired) electrons. The molecule has 0 aromatic heterocycles. The van der Waals surface area contributed by atoms with Gasteiger partial charge in [0, 0.05) is 6.54 Å². The number of hydrogen-bond acceptors (Lipinski definition) is 3. The standard InChI is InChI=1S/C12H21NO4/c1-12(2,3)5-7(14)6-13-10(15)8-4-9(8)11(16)17/h7-9,14H,4-6H2,1-3H3,(H,13,15)(H,16,17)/t7?,8-,9+/m1/s1. The molecule has 0 saturated heterocycles. The molecule has 1 aliphatic carbocycles. The van der Waals surface area contributed by atoms with Crippen molar-refractivity contribution in [3.63, 3.8) is 0 Å². The minimum Gasteiger partial charge on any atom is -0.481 e. The second-order valence-corrected chi connectivity index (χ2v) is 5.95. The summed E-state index contributed by atoms with van der Waals surface area (Å²) in [6, 6.07) is 0. The lowest BCUT2D eigenvalue weighted by atomic mass is 9.89. The normalized spacial score (nSPS) is 25.2. The molecule has 0 aromatic carbocycles. The molecule has 1 rings (SSSR count). The topological polar surface area (TPSA) is 86.6 Å². The van der Waals surface area contributed by atoms with E-state index in [4.69, 9.17) is 5.11 Å². The molecule has 1 fully saturated rings. The lowest BCUT2D eigenvalue weighted by Crippen LogP contribution is -2.35. The molecule has 3 N–H and O–H groups in total. The molecule has 0 bridgehead atoms. The van der Waals surface area contributed by atoms with Crippen molar-refractivity contribution in [2.45, 2.75) is 39.7 Å². The number of carbonyl (C=O) groups is 2. The van der Waals surface area contributed by atoms with Gasteiger partial charge in [0.2, 0.25) is 5.91 Å². The number of rotatable bonds is 5. The van der Waals surface area contributed by atoms with Gasteiger partial charge in [-0.1, -0.05) is 20.8 Å². The fourth-order valence-electron chi connectivity index (χ4n) is 1.89. The molecule has 1 unspecified atom stereocenters. The van der Waals surface area contributed by atoms with E-state index in [1.165, 1.54) is 0 Å². The molecule has 5 nitrogen and oxygen atoms in total. The van der Waals surface area contributed by atoms with Crippen LogP contribution in [0.3, 0.4) is 0 Å². The molecule has 3 atom stereocenters. The highest BCUT2D eigenvalue weighted by Crippen LogP contribution is 2.38. The number of aliphatic hydroxyl groups excluding tert-OH is 1. The van der Waals surface area contributed by atoms with Gasteiger partial charge >= 0.3 is 5.97 Å². The number of amides is 1. The maximum absolute atomic E-state index is 11.5. The van der Waals surface area contributed by atoms with Crippen molar-refractivity contribution in [2.75, 3.05) is 6.54 Å². The summed E-state index contributed by atoms with van der Waals surface area (Å²) in [5.41, 5.74) is 0.00727. The Morgan fingerprint density at radius 1 is 1.35 bits per heavy atom. The van der Waals surface area contributed by atoms with E-state index in [-0.39, 0.29) is 17.9 Å². The fraction of sp³-hybridized carbons (Fsp3) is 0.833. The first-order valence-corrected chi connectivity index (χ1v) is 5.89. The Morgan fingerprint density at radius 2 is 1.94 bits per heavy atom. The van der Waals surface area contributed by atoms with Gasteiger partial charge in [-0.3, -0.25) is 9.59 Å². The van der Waals surface area contributed by atoms with Crippen molar-refractivity contribution >= 4 is 11.9 Å². The van der Waals surface area contributed by atoms with Gasteiger partial charge in [-0.2, -0.15) is 0 Å². The van der Waals surface area contributed by atoms with Gasteiger partial charge in [0.15, 0.2) is 0 Å². The van der Waals surface area contributed by atoms with E-state index in [2.05, 4.69) is 5.32 Å². The van der Waals surface area contributed by atoms with E-state index >= 15 is 0 Å². The van der Waals surface area contributed by atoms with Gasteiger partial charge < -0.3 is 15.5 Å². The maximum Gasteiger partial charge on any atom is 0.307 e. The number of carbonyl (C=O) groups excluding carboxylic acids is 1. The lowest BCUT2D eigenvalue weighted by molar-refractivity contribution is -0.140. The van der Waals surface area contributed by atoms with E-state index < -0.39 is 23.9 Å². The Morgan fingerprint density at radius 3 is 2.35 bits per heavy atom. The summed E-state index contributed by atoms with van der Waals surface area (Å²) in [6.45, 7) is 6.23. The minimum atomic E-state index is -0.916. The maximum atomic E-state index is 11.5. The SMILES string of the molecule is CC(C)(C)CC(O)CNC(=O)[C@@H]1C[C@@H]1C(=O)O. The minimum absolute atomic E-state index is 0.00727. The summed E-state index contributed by atoms with van der Waals surface area (Å²) in [6.07, 6.45) is 0.428. The lowest BCUT2D eigenvalue weighted by Gasteiger charge is -2.22. The van der Waals surface area contributed by atoms with Gasteiger partial charge in [0.05, 0.1) is 17.9 Å². The molecule has 1 aliphatic rings. The van der Waals surface area contributed by atoms with Crippen LogP contribution in [0.2, 0.25) is 0 Å². The Balaban J connectivity index is 2.23. The van der Waals surface area contributed by atoms with Crippen molar-refractivity contribution in [2.24, 2.45) is 17.3 Å². The predicted molar refractivity (Wildman–Crippen MR) is 62.3 cm³/mol. The Labute approximate surface area is 101 Å². The predicted octanol–water partition coefficient (Wildman–Crippen LogP) is 0.620. The Bertz CT molecular complexity index is 308. The Hall–Kier alpha value is -1.10. The van der Waals surface area contributed by atoms with Crippen LogP contribution in [0.4, 0.5) is 0 Å². The Kier molecular flexibility index (Phi) is 4.14. The van der Waals surface area contributed by atoms with Crippen LogP contribution in [0, 0.1) is 17.3 Å². The van der Waals surface area contributed by atoms with Gasteiger partial charge in [-0.25, -0.2) is 0 Å². The highest BCUT2D eigenvalue weighted by atomic mass is 16.4. The summed E-state index contributed by atoms with van der Waals surface area (Å²) < 4.78 is 0. The first kappa shape index (κ1) is 14.0. The average Bonchev–Trinajstić information content (AvgIpc) is 2.90. The number of aliphatic hydroxyl groups is 1. The molecular formula is C12H21NO4. The highest BCUT2D eigenvalue weighted by Gasteiger charge is 2.48. The molecule has 1 saturated carbocycles. The molecule has 0 aromatic rings. The van der Waals surface area contributed by atoms with Crippen LogP contribution >= 0.6 is 0 Å². The average molecular weight is 243 g/mol. The second kappa shape index (κ2) is 5.04. The summed E-state index contributed by atoms with van der Waals surface area (Å²) in [7, 11) is 0. The third kappa shape index (κ3) is 4.73. The smallest absolute Gasteiger partial charge is 0.307 e. The fourth-order valence-corrected chi connectivity index (χ4v) is 1.89. The van der Waals surface area contributed by atoms with Crippen molar-refractivity contribution in [1.82, 2.24) is 5.32 Å². The molecular weight excluding hydrogens is 222 g/mol. The summed E-state index contributed by atoms with van der Waals surface area (Å²) >= 11 is 0. The first-order chi connectivity index (χ1) is 7.70. The van der Waals surface area contributed by atoms with Crippen LogP contribution in [0.5, 0.6) is 0 Å². The van der Waals surface area contributed by atoms with E-state index in [0.717, 1.165) is 0 Å².